The van der Waals surface area contributed by atoms with Gasteiger partial charge in [-0.15, -0.1) is 0 Å². The first-order valence-electron chi connectivity index (χ1n) is 12.8. The number of fused-ring (bicyclic) bond motifs is 5. The topological polar surface area (TPSA) is 100 Å². The summed E-state index contributed by atoms with van der Waals surface area (Å²) in [5.41, 5.74) is 2.81. The van der Waals surface area contributed by atoms with E-state index in [1.807, 2.05) is 48.5 Å². The third-order valence-corrected chi connectivity index (χ3v) is 7.17. The lowest BCUT2D eigenvalue weighted by molar-refractivity contribution is -0.127. The van der Waals surface area contributed by atoms with Crippen molar-refractivity contribution in [3.63, 3.8) is 0 Å². The van der Waals surface area contributed by atoms with Gasteiger partial charge in [-0.3, -0.25) is 19.0 Å². The number of hydrogen-bond donors (Lipinski definition) is 1. The van der Waals surface area contributed by atoms with Crippen LogP contribution in [0, 0.1) is 0 Å². The van der Waals surface area contributed by atoms with E-state index in [0.29, 0.717) is 51.1 Å². The molecule has 0 saturated carbocycles. The fourth-order valence-corrected chi connectivity index (χ4v) is 5.21. The molecule has 0 unspecified atom stereocenters. The van der Waals surface area contributed by atoms with Gasteiger partial charge in [-0.2, -0.15) is 0 Å². The van der Waals surface area contributed by atoms with E-state index in [1.165, 1.54) is 14.2 Å². The van der Waals surface area contributed by atoms with Crippen LogP contribution in [0.2, 0.25) is 0 Å². The van der Waals surface area contributed by atoms with Crippen molar-refractivity contribution in [2.75, 3.05) is 21.3 Å². The minimum absolute atomic E-state index is 0.230. The third kappa shape index (κ3) is 3.98. The smallest absolute Gasteiger partial charge is 0.267 e. The van der Waals surface area contributed by atoms with Crippen molar-refractivity contribution in [1.82, 2.24) is 14.7 Å². The molecule has 9 heteroatoms. The maximum Gasteiger partial charge on any atom is 0.267 e. The second-order valence-electron chi connectivity index (χ2n) is 9.42. The minimum atomic E-state index is -0.737. The molecule has 0 saturated heterocycles. The normalized spacial score (nSPS) is 12.2. The predicted molar refractivity (Wildman–Crippen MR) is 153 cm³/mol. The van der Waals surface area contributed by atoms with E-state index >= 15 is 0 Å². The molecule has 202 valence electrons. The van der Waals surface area contributed by atoms with Gasteiger partial charge in [-0.25, -0.2) is 0 Å². The molecule has 1 amide bonds. The van der Waals surface area contributed by atoms with Crippen LogP contribution in [0.4, 0.5) is 0 Å². The largest absolute Gasteiger partial charge is 0.497 e. The number of nitrogens with zero attached hydrogens (tertiary/aromatic N) is 2. The van der Waals surface area contributed by atoms with Crippen LogP contribution in [0.15, 0.2) is 71.7 Å². The van der Waals surface area contributed by atoms with Crippen molar-refractivity contribution in [1.29, 1.82) is 0 Å². The van der Waals surface area contributed by atoms with Crippen LogP contribution in [-0.2, 0) is 11.3 Å². The Balaban J connectivity index is 1.37. The van der Waals surface area contributed by atoms with Gasteiger partial charge in [0.1, 0.15) is 11.5 Å². The number of hydrogen-bond acceptors (Lipinski definition) is 7. The van der Waals surface area contributed by atoms with E-state index in [-0.39, 0.29) is 11.5 Å². The first kappa shape index (κ1) is 25.2. The molecule has 3 aromatic heterocycles. The summed E-state index contributed by atoms with van der Waals surface area (Å²) in [6.07, 6.45) is 0.986. The average Bonchev–Trinajstić information content (AvgIpc) is 3.32. The van der Waals surface area contributed by atoms with Crippen molar-refractivity contribution >= 4 is 44.0 Å². The van der Waals surface area contributed by atoms with E-state index in [9.17, 15) is 9.59 Å². The number of carbonyl (C=O) groups excluding carboxylic acids is 1. The number of aromatic nitrogens is 2. The first-order valence-corrected chi connectivity index (χ1v) is 12.8. The molecule has 0 aliphatic carbocycles. The molecule has 3 heterocycles. The summed E-state index contributed by atoms with van der Waals surface area (Å²) in [6.45, 7) is 2.07. The second kappa shape index (κ2) is 9.92. The van der Waals surface area contributed by atoms with Crippen LogP contribution >= 0.6 is 0 Å². The van der Waals surface area contributed by atoms with Gasteiger partial charge in [0.2, 0.25) is 0 Å². The van der Waals surface area contributed by atoms with Gasteiger partial charge in [0.25, 0.3) is 11.5 Å². The third-order valence-electron chi connectivity index (χ3n) is 7.17. The zero-order valence-electron chi connectivity index (χ0n) is 22.5. The molecule has 3 aromatic carbocycles. The number of methoxy groups -OCH3 is 3. The average molecular weight is 538 g/mol. The highest BCUT2D eigenvalue weighted by Crippen LogP contribution is 2.39. The maximum atomic E-state index is 13.9. The highest BCUT2D eigenvalue weighted by Gasteiger charge is 2.23. The maximum absolute atomic E-state index is 13.9. The molecular formula is C31H27N3O6. The van der Waals surface area contributed by atoms with Gasteiger partial charge in [0, 0.05) is 28.9 Å². The molecule has 0 spiro atoms. The van der Waals surface area contributed by atoms with E-state index in [0.717, 1.165) is 22.1 Å². The van der Waals surface area contributed by atoms with Crippen LogP contribution in [-0.4, -0.2) is 42.7 Å². The van der Waals surface area contributed by atoms with Crippen LogP contribution in [0.5, 0.6) is 23.0 Å². The van der Waals surface area contributed by atoms with E-state index < -0.39 is 6.10 Å². The quantitative estimate of drug-likeness (QED) is 0.281. The van der Waals surface area contributed by atoms with E-state index in [4.69, 9.17) is 18.9 Å². The zero-order chi connectivity index (χ0) is 28.0. The standard InChI is InChI=1S/C31H27N3O6/c1-17(30(35)33-16-18-5-7-19(37-2)8-6-18)40-20-9-11-24-23(15-20)21-13-14-32-27-22-10-12-25(38-3)29(39-4)26(22)31(36)34(24)28(21)27/h5-15,17H,16H2,1-4H3,(H,33,35)/t17-/m0/s1. The van der Waals surface area contributed by atoms with Gasteiger partial charge in [-0.05, 0) is 61.0 Å². The molecular weight excluding hydrogens is 510 g/mol. The fraction of sp³-hybridized carbons (Fsp3) is 0.194. The van der Waals surface area contributed by atoms with Crippen molar-refractivity contribution in [3.05, 3.63) is 82.8 Å². The molecule has 9 nitrogen and oxygen atoms in total. The molecule has 0 bridgehead atoms. The summed E-state index contributed by atoms with van der Waals surface area (Å²) in [4.78, 5) is 31.3. The summed E-state index contributed by atoms with van der Waals surface area (Å²) in [5, 5.41) is 5.66. The highest BCUT2D eigenvalue weighted by molar-refractivity contribution is 6.19. The number of rotatable bonds is 8. The Morgan fingerprint density at radius 3 is 2.40 bits per heavy atom. The lowest BCUT2D eigenvalue weighted by Gasteiger charge is -2.15. The molecule has 0 fully saturated rings. The Bertz CT molecular complexity index is 1950. The summed E-state index contributed by atoms with van der Waals surface area (Å²) in [6, 6.07) is 18.4. The SMILES string of the molecule is COc1ccc(CNC(=O)[C@H](C)Oc2ccc3c(c2)c2ccnc4c5ccc(OC)c(OC)c5c(=O)n3c24)cc1. The molecule has 1 N–H and O–H groups in total. The highest BCUT2D eigenvalue weighted by atomic mass is 16.5. The van der Waals surface area contributed by atoms with Crippen molar-refractivity contribution in [2.45, 2.75) is 19.6 Å². The number of pyridine rings is 2. The number of amides is 1. The lowest BCUT2D eigenvalue weighted by Crippen LogP contribution is -2.35. The zero-order valence-corrected chi connectivity index (χ0v) is 22.5. The molecule has 0 aliphatic heterocycles. The van der Waals surface area contributed by atoms with Crippen LogP contribution in [0.25, 0.3) is 38.1 Å². The number of carbonyl (C=O) groups is 1. The van der Waals surface area contributed by atoms with Crippen LogP contribution in [0.3, 0.4) is 0 Å². The van der Waals surface area contributed by atoms with Gasteiger partial charge >= 0.3 is 0 Å². The Kier molecular flexibility index (Phi) is 6.26. The molecule has 0 aliphatic rings. The van der Waals surface area contributed by atoms with Gasteiger partial charge in [-0.1, -0.05) is 12.1 Å². The van der Waals surface area contributed by atoms with Crippen LogP contribution < -0.4 is 29.8 Å². The molecule has 0 radical (unpaired) electrons. The Labute approximate surface area is 229 Å². The fourth-order valence-electron chi connectivity index (χ4n) is 5.21. The Hall–Kier alpha value is -5.05. The lowest BCUT2D eigenvalue weighted by atomic mass is 10.1. The van der Waals surface area contributed by atoms with Crippen molar-refractivity contribution in [2.24, 2.45) is 0 Å². The Morgan fingerprint density at radius 1 is 0.900 bits per heavy atom. The van der Waals surface area contributed by atoms with Crippen LogP contribution in [0.1, 0.15) is 12.5 Å². The minimum Gasteiger partial charge on any atom is -0.497 e. The second-order valence-corrected chi connectivity index (χ2v) is 9.42. The van der Waals surface area contributed by atoms with Crippen molar-refractivity contribution < 1.29 is 23.7 Å². The van der Waals surface area contributed by atoms with E-state index in [1.54, 1.807) is 36.8 Å². The van der Waals surface area contributed by atoms with Gasteiger partial charge < -0.3 is 24.3 Å². The number of benzene rings is 3. The summed E-state index contributed by atoms with van der Waals surface area (Å²) < 4.78 is 23.9. The van der Waals surface area contributed by atoms with Gasteiger partial charge in [0.15, 0.2) is 17.6 Å². The van der Waals surface area contributed by atoms with Gasteiger partial charge in [0.05, 0.1) is 43.3 Å². The summed E-state index contributed by atoms with van der Waals surface area (Å²) in [5.74, 6) is 1.86. The molecule has 6 rings (SSSR count). The first-order chi connectivity index (χ1) is 19.4. The Morgan fingerprint density at radius 2 is 1.68 bits per heavy atom. The number of ether oxygens (including phenoxy) is 4. The van der Waals surface area contributed by atoms with Crippen molar-refractivity contribution in [3.8, 4) is 23.0 Å². The molecule has 40 heavy (non-hydrogen) atoms. The predicted octanol–water partition coefficient (Wildman–Crippen LogP) is 4.70. The molecule has 1 atom stereocenters. The summed E-state index contributed by atoms with van der Waals surface area (Å²) >= 11 is 0. The monoisotopic (exact) mass is 537 g/mol. The molecule has 6 aromatic rings. The van der Waals surface area contributed by atoms with E-state index in [2.05, 4.69) is 10.3 Å². The number of nitrogens with one attached hydrogen (secondary N) is 1. The summed E-state index contributed by atoms with van der Waals surface area (Å²) in [7, 11) is 4.66.